The van der Waals surface area contributed by atoms with E-state index in [1.807, 2.05) is 31.7 Å². The summed E-state index contributed by atoms with van der Waals surface area (Å²) in [5, 5.41) is 2.91. The van der Waals surface area contributed by atoms with Crippen molar-refractivity contribution in [2.75, 3.05) is 0 Å². The molecular formula is C13H24N4O. The highest BCUT2D eigenvalue weighted by molar-refractivity contribution is 5.78. The molecule has 1 amide bonds. The fraction of sp³-hybridized carbons (Fsp3) is 0.692. The lowest BCUT2D eigenvalue weighted by molar-refractivity contribution is -0.124. The highest BCUT2D eigenvalue weighted by Gasteiger charge is 2.13. The summed E-state index contributed by atoms with van der Waals surface area (Å²) in [7, 11) is 1.92. The number of nitrogens with zero attached hydrogens (tertiary/aromatic N) is 2. The van der Waals surface area contributed by atoms with Crippen molar-refractivity contribution in [3.63, 3.8) is 0 Å². The van der Waals surface area contributed by atoms with Gasteiger partial charge in [-0.05, 0) is 19.8 Å². The molecule has 0 aromatic carbocycles. The van der Waals surface area contributed by atoms with Gasteiger partial charge in [0.2, 0.25) is 5.91 Å². The Morgan fingerprint density at radius 1 is 1.50 bits per heavy atom. The van der Waals surface area contributed by atoms with Crippen LogP contribution in [0.3, 0.4) is 0 Å². The van der Waals surface area contributed by atoms with Crippen molar-refractivity contribution < 1.29 is 4.79 Å². The van der Waals surface area contributed by atoms with Gasteiger partial charge in [-0.15, -0.1) is 0 Å². The molecule has 0 saturated carbocycles. The molecule has 0 bridgehead atoms. The molecule has 1 aromatic rings. The van der Waals surface area contributed by atoms with E-state index in [1.165, 1.54) is 0 Å². The number of amides is 1. The Morgan fingerprint density at radius 3 is 2.78 bits per heavy atom. The SMILES string of the molecule is CC(N)CCCC(C)C(=O)NCc1nccn1C. The van der Waals surface area contributed by atoms with Crippen LogP contribution >= 0.6 is 0 Å². The fourth-order valence-electron chi connectivity index (χ4n) is 1.78. The maximum absolute atomic E-state index is 11.8. The number of carbonyl (C=O) groups is 1. The second-order valence-electron chi connectivity index (χ2n) is 4.98. The third-order valence-electron chi connectivity index (χ3n) is 3.09. The maximum atomic E-state index is 11.8. The van der Waals surface area contributed by atoms with Crippen molar-refractivity contribution in [2.45, 2.75) is 45.7 Å². The standard InChI is InChI=1S/C13H24N4O/c1-10(5-4-6-11(2)14)13(18)16-9-12-15-7-8-17(12)3/h7-8,10-11H,4-6,9,14H2,1-3H3,(H,16,18). The lowest BCUT2D eigenvalue weighted by Crippen LogP contribution is -2.30. The molecule has 0 aliphatic carbocycles. The summed E-state index contributed by atoms with van der Waals surface area (Å²) in [6, 6.07) is 0.216. The van der Waals surface area contributed by atoms with E-state index in [2.05, 4.69) is 10.3 Å². The molecule has 0 fully saturated rings. The van der Waals surface area contributed by atoms with E-state index in [0.29, 0.717) is 6.54 Å². The molecular weight excluding hydrogens is 228 g/mol. The minimum absolute atomic E-state index is 0.0315. The van der Waals surface area contributed by atoms with E-state index in [-0.39, 0.29) is 17.9 Å². The van der Waals surface area contributed by atoms with Gasteiger partial charge < -0.3 is 15.6 Å². The minimum atomic E-state index is 0.0315. The minimum Gasteiger partial charge on any atom is -0.349 e. The Labute approximate surface area is 109 Å². The summed E-state index contributed by atoms with van der Waals surface area (Å²) in [4.78, 5) is 16.0. The smallest absolute Gasteiger partial charge is 0.223 e. The molecule has 0 aliphatic rings. The number of aryl methyl sites for hydroxylation is 1. The van der Waals surface area contributed by atoms with E-state index in [1.54, 1.807) is 6.20 Å². The Balaban J connectivity index is 2.25. The molecule has 0 aliphatic heterocycles. The fourth-order valence-corrected chi connectivity index (χ4v) is 1.78. The number of rotatable bonds is 7. The Morgan fingerprint density at radius 2 is 2.22 bits per heavy atom. The summed E-state index contributed by atoms with van der Waals surface area (Å²) >= 11 is 0. The Kier molecular flexibility index (Phi) is 5.85. The Hall–Kier alpha value is -1.36. The number of hydrogen-bond donors (Lipinski definition) is 2. The summed E-state index contributed by atoms with van der Waals surface area (Å²) in [6.07, 6.45) is 6.45. The zero-order valence-electron chi connectivity index (χ0n) is 11.5. The van der Waals surface area contributed by atoms with Crippen molar-refractivity contribution in [1.82, 2.24) is 14.9 Å². The third-order valence-corrected chi connectivity index (χ3v) is 3.09. The van der Waals surface area contributed by atoms with Crippen LogP contribution in [0.5, 0.6) is 0 Å². The van der Waals surface area contributed by atoms with Gasteiger partial charge in [0, 0.05) is 31.4 Å². The first-order chi connectivity index (χ1) is 8.50. The van der Waals surface area contributed by atoms with Gasteiger partial charge in [0.1, 0.15) is 5.82 Å². The van der Waals surface area contributed by atoms with Gasteiger partial charge in [-0.25, -0.2) is 4.98 Å². The first-order valence-electron chi connectivity index (χ1n) is 6.50. The molecule has 1 aromatic heterocycles. The van der Waals surface area contributed by atoms with Crippen LogP contribution in [0.15, 0.2) is 12.4 Å². The van der Waals surface area contributed by atoms with Gasteiger partial charge in [-0.2, -0.15) is 0 Å². The molecule has 5 heteroatoms. The van der Waals surface area contributed by atoms with Crippen LogP contribution < -0.4 is 11.1 Å². The van der Waals surface area contributed by atoms with Gasteiger partial charge in [-0.3, -0.25) is 4.79 Å². The third kappa shape index (κ3) is 4.87. The zero-order chi connectivity index (χ0) is 13.5. The van der Waals surface area contributed by atoms with Gasteiger partial charge in [0.15, 0.2) is 0 Å². The predicted molar refractivity (Wildman–Crippen MR) is 71.7 cm³/mol. The number of carbonyl (C=O) groups excluding carboxylic acids is 1. The molecule has 0 spiro atoms. The van der Waals surface area contributed by atoms with E-state index in [4.69, 9.17) is 5.73 Å². The first kappa shape index (κ1) is 14.7. The highest BCUT2D eigenvalue weighted by Crippen LogP contribution is 2.09. The van der Waals surface area contributed by atoms with E-state index >= 15 is 0 Å². The first-order valence-corrected chi connectivity index (χ1v) is 6.50. The van der Waals surface area contributed by atoms with Gasteiger partial charge >= 0.3 is 0 Å². The van der Waals surface area contributed by atoms with Crippen LogP contribution in [0.25, 0.3) is 0 Å². The second-order valence-corrected chi connectivity index (χ2v) is 4.98. The lowest BCUT2D eigenvalue weighted by Gasteiger charge is -2.12. The summed E-state index contributed by atoms with van der Waals surface area (Å²) < 4.78 is 1.90. The molecule has 1 rings (SSSR count). The molecule has 3 N–H and O–H groups in total. The zero-order valence-corrected chi connectivity index (χ0v) is 11.5. The van der Waals surface area contributed by atoms with Crippen LogP contribution in [0.1, 0.15) is 38.9 Å². The van der Waals surface area contributed by atoms with Crippen LogP contribution in [0, 0.1) is 5.92 Å². The monoisotopic (exact) mass is 252 g/mol. The largest absolute Gasteiger partial charge is 0.349 e. The molecule has 5 nitrogen and oxygen atoms in total. The number of nitrogens with one attached hydrogen (secondary N) is 1. The summed E-state index contributed by atoms with van der Waals surface area (Å²) in [5.74, 6) is 0.984. The average Bonchev–Trinajstić information content (AvgIpc) is 2.71. The molecule has 2 atom stereocenters. The van der Waals surface area contributed by atoms with Crippen molar-refractivity contribution in [2.24, 2.45) is 18.7 Å². The van der Waals surface area contributed by atoms with Gasteiger partial charge in [0.05, 0.1) is 6.54 Å². The molecule has 102 valence electrons. The summed E-state index contributed by atoms with van der Waals surface area (Å²) in [5.41, 5.74) is 5.68. The molecule has 0 saturated heterocycles. The topological polar surface area (TPSA) is 72.9 Å². The van der Waals surface area contributed by atoms with E-state index in [0.717, 1.165) is 25.1 Å². The molecule has 0 radical (unpaired) electrons. The number of nitrogens with two attached hydrogens (primary N) is 1. The quantitative estimate of drug-likeness (QED) is 0.765. The van der Waals surface area contributed by atoms with E-state index in [9.17, 15) is 4.79 Å². The van der Waals surface area contributed by atoms with Crippen LogP contribution in [-0.2, 0) is 18.4 Å². The highest BCUT2D eigenvalue weighted by atomic mass is 16.1. The lowest BCUT2D eigenvalue weighted by atomic mass is 10.0. The van der Waals surface area contributed by atoms with Crippen LogP contribution in [-0.4, -0.2) is 21.5 Å². The van der Waals surface area contributed by atoms with Gasteiger partial charge in [0.25, 0.3) is 0 Å². The molecule has 18 heavy (non-hydrogen) atoms. The average molecular weight is 252 g/mol. The number of aromatic nitrogens is 2. The van der Waals surface area contributed by atoms with Crippen molar-refractivity contribution in [3.8, 4) is 0 Å². The van der Waals surface area contributed by atoms with Crippen molar-refractivity contribution in [3.05, 3.63) is 18.2 Å². The van der Waals surface area contributed by atoms with Crippen molar-refractivity contribution in [1.29, 1.82) is 0 Å². The van der Waals surface area contributed by atoms with Crippen LogP contribution in [0.4, 0.5) is 0 Å². The Bertz CT molecular complexity index is 373. The normalized spacial score (nSPS) is 14.2. The second kappa shape index (κ2) is 7.16. The molecule has 1 heterocycles. The number of imidazole rings is 1. The summed E-state index contributed by atoms with van der Waals surface area (Å²) in [6.45, 7) is 4.43. The van der Waals surface area contributed by atoms with E-state index < -0.39 is 0 Å². The van der Waals surface area contributed by atoms with Gasteiger partial charge in [-0.1, -0.05) is 13.3 Å². The number of hydrogen-bond acceptors (Lipinski definition) is 3. The van der Waals surface area contributed by atoms with Crippen molar-refractivity contribution >= 4 is 5.91 Å². The predicted octanol–water partition coefficient (Wildman–Crippen LogP) is 1.19. The molecule has 2 unspecified atom stereocenters. The van der Waals surface area contributed by atoms with Crippen LogP contribution in [0.2, 0.25) is 0 Å². The maximum Gasteiger partial charge on any atom is 0.223 e.